The number of aromatic nitrogens is 2. The van der Waals surface area contributed by atoms with Crippen LogP contribution in [0.4, 0.5) is 4.39 Å². The number of halogens is 1. The molecule has 1 N–H and O–H groups in total. The van der Waals surface area contributed by atoms with E-state index < -0.39 is 0 Å². The minimum absolute atomic E-state index is 0.0801. The third kappa shape index (κ3) is 4.15. The van der Waals surface area contributed by atoms with Crippen molar-refractivity contribution < 1.29 is 13.6 Å². The maximum atomic E-state index is 13.6. The zero-order valence-corrected chi connectivity index (χ0v) is 13.1. The third-order valence-corrected chi connectivity index (χ3v) is 4.25. The van der Waals surface area contributed by atoms with Crippen LogP contribution in [0, 0.1) is 18.7 Å². The van der Waals surface area contributed by atoms with Crippen LogP contribution >= 0.6 is 0 Å². The fourth-order valence-electron chi connectivity index (χ4n) is 3.15. The molecular formula is C17H20FN3O2. The molecule has 0 saturated heterocycles. The van der Waals surface area contributed by atoms with Crippen molar-refractivity contribution in [1.29, 1.82) is 0 Å². The van der Waals surface area contributed by atoms with Crippen LogP contribution in [0.25, 0.3) is 0 Å². The maximum Gasteiger partial charge on any atom is 0.224 e. The molecule has 0 unspecified atom stereocenters. The van der Waals surface area contributed by atoms with Gasteiger partial charge >= 0.3 is 0 Å². The third-order valence-electron chi connectivity index (χ3n) is 4.25. The van der Waals surface area contributed by atoms with E-state index in [1.807, 2.05) is 0 Å². The first-order chi connectivity index (χ1) is 11.1. The topological polar surface area (TPSA) is 68.0 Å². The van der Waals surface area contributed by atoms with Crippen molar-refractivity contribution >= 4 is 5.91 Å². The summed E-state index contributed by atoms with van der Waals surface area (Å²) >= 11 is 0. The van der Waals surface area contributed by atoms with Crippen LogP contribution in [0.5, 0.6) is 0 Å². The van der Waals surface area contributed by atoms with Gasteiger partial charge in [-0.25, -0.2) is 4.39 Å². The average Bonchev–Trinajstić information content (AvgIpc) is 3.11. The van der Waals surface area contributed by atoms with E-state index >= 15 is 0 Å². The van der Waals surface area contributed by atoms with Crippen molar-refractivity contribution in [1.82, 2.24) is 15.5 Å². The van der Waals surface area contributed by atoms with Gasteiger partial charge in [-0.2, -0.15) is 0 Å². The van der Waals surface area contributed by atoms with Crippen molar-refractivity contribution in [2.45, 2.75) is 45.1 Å². The summed E-state index contributed by atoms with van der Waals surface area (Å²) in [6.45, 7) is 1.77. The Morgan fingerprint density at radius 2 is 2.17 bits per heavy atom. The van der Waals surface area contributed by atoms with E-state index in [9.17, 15) is 9.18 Å². The van der Waals surface area contributed by atoms with E-state index in [0.29, 0.717) is 23.3 Å². The van der Waals surface area contributed by atoms with Crippen LogP contribution in [0.3, 0.4) is 0 Å². The zero-order valence-electron chi connectivity index (χ0n) is 13.1. The highest BCUT2D eigenvalue weighted by molar-refractivity contribution is 5.78. The van der Waals surface area contributed by atoms with Gasteiger partial charge in [0.25, 0.3) is 0 Å². The quantitative estimate of drug-likeness (QED) is 0.920. The molecule has 23 heavy (non-hydrogen) atoms. The molecule has 1 saturated carbocycles. The van der Waals surface area contributed by atoms with Crippen LogP contribution in [-0.4, -0.2) is 22.1 Å². The summed E-state index contributed by atoms with van der Waals surface area (Å²) in [6.07, 6.45) is 3.68. The smallest absolute Gasteiger partial charge is 0.224 e. The number of rotatable bonds is 5. The Labute approximate surface area is 134 Å². The zero-order chi connectivity index (χ0) is 16.2. The Morgan fingerprint density at radius 3 is 2.91 bits per heavy atom. The molecular weight excluding hydrogens is 297 g/mol. The van der Waals surface area contributed by atoms with Crippen LogP contribution < -0.4 is 5.32 Å². The Bertz CT molecular complexity index is 686. The molecule has 0 bridgehead atoms. The molecule has 0 radical (unpaired) electrons. The first-order valence-electron chi connectivity index (χ1n) is 7.92. The minimum atomic E-state index is -0.335. The molecule has 3 rings (SSSR count). The molecule has 6 heteroatoms. The first-order valence-corrected chi connectivity index (χ1v) is 7.92. The van der Waals surface area contributed by atoms with Crippen molar-refractivity contribution in [3.05, 3.63) is 47.4 Å². The lowest BCUT2D eigenvalue weighted by atomic mass is 10.0. The van der Waals surface area contributed by atoms with Crippen molar-refractivity contribution in [3.63, 3.8) is 0 Å². The summed E-state index contributed by atoms with van der Waals surface area (Å²) in [4.78, 5) is 12.1. The van der Waals surface area contributed by atoms with Crippen molar-refractivity contribution in [2.75, 3.05) is 0 Å². The van der Waals surface area contributed by atoms with E-state index in [0.717, 1.165) is 25.7 Å². The second-order valence-corrected chi connectivity index (χ2v) is 6.13. The van der Waals surface area contributed by atoms with E-state index in [2.05, 4.69) is 15.5 Å². The fourth-order valence-corrected chi connectivity index (χ4v) is 3.15. The van der Waals surface area contributed by atoms with Crippen LogP contribution in [0.15, 0.2) is 28.7 Å². The number of carbonyl (C=O) groups excluding carboxylic acids is 1. The van der Waals surface area contributed by atoms with Gasteiger partial charge in [0.2, 0.25) is 17.7 Å². The van der Waals surface area contributed by atoms with E-state index in [4.69, 9.17) is 4.42 Å². The second-order valence-electron chi connectivity index (χ2n) is 6.13. The number of hydrogen-bond acceptors (Lipinski definition) is 4. The van der Waals surface area contributed by atoms with Crippen LogP contribution in [-0.2, 0) is 17.6 Å². The Morgan fingerprint density at radius 1 is 1.35 bits per heavy atom. The maximum absolute atomic E-state index is 13.6. The molecule has 2 atom stereocenters. The Balaban J connectivity index is 1.48. The number of carbonyl (C=O) groups is 1. The van der Waals surface area contributed by atoms with Gasteiger partial charge in [-0.15, -0.1) is 10.2 Å². The van der Waals surface area contributed by atoms with E-state index in [1.54, 1.807) is 25.1 Å². The molecule has 1 aromatic carbocycles. The number of hydrogen-bond donors (Lipinski definition) is 1. The predicted molar refractivity (Wildman–Crippen MR) is 82.1 cm³/mol. The summed E-state index contributed by atoms with van der Waals surface area (Å²) < 4.78 is 19.0. The molecule has 0 spiro atoms. The number of amides is 1. The molecule has 1 aliphatic rings. The molecule has 1 heterocycles. The lowest BCUT2D eigenvalue weighted by Crippen LogP contribution is -2.34. The van der Waals surface area contributed by atoms with E-state index in [-0.39, 0.29) is 24.2 Å². The predicted octanol–water partition coefficient (Wildman–Crippen LogP) is 2.59. The molecule has 1 aliphatic carbocycles. The highest BCUT2D eigenvalue weighted by atomic mass is 19.1. The summed E-state index contributed by atoms with van der Waals surface area (Å²) in [5, 5.41) is 10.8. The second kappa shape index (κ2) is 6.89. The van der Waals surface area contributed by atoms with E-state index in [1.165, 1.54) is 6.07 Å². The number of benzene rings is 1. The summed E-state index contributed by atoms with van der Waals surface area (Å²) in [6, 6.07) is 6.52. The summed E-state index contributed by atoms with van der Waals surface area (Å²) in [5.74, 6) is 1.21. The largest absolute Gasteiger partial charge is 0.426 e. The van der Waals surface area contributed by atoms with Gasteiger partial charge < -0.3 is 9.73 Å². The monoisotopic (exact) mass is 317 g/mol. The van der Waals surface area contributed by atoms with Gasteiger partial charge in [0.1, 0.15) is 5.82 Å². The Kier molecular flexibility index (Phi) is 4.69. The standard InChI is InChI=1S/C17H20FN3O2/c1-11-20-21-17(23-11)9-12-6-7-14(8-12)19-16(22)10-13-4-2-3-5-15(13)18/h2-5,12,14H,6-10H2,1H3,(H,19,22)/t12-,14+/m1/s1. The van der Waals surface area contributed by atoms with Gasteiger partial charge in [-0.3, -0.25) is 4.79 Å². The minimum Gasteiger partial charge on any atom is -0.426 e. The summed E-state index contributed by atoms with van der Waals surface area (Å²) in [7, 11) is 0. The highest BCUT2D eigenvalue weighted by Crippen LogP contribution is 2.28. The lowest BCUT2D eigenvalue weighted by molar-refractivity contribution is -0.121. The molecule has 5 nitrogen and oxygen atoms in total. The number of nitrogens with zero attached hydrogens (tertiary/aromatic N) is 2. The normalized spacial score (nSPS) is 20.6. The molecule has 1 amide bonds. The first kappa shape index (κ1) is 15.6. The fraction of sp³-hybridized carbons (Fsp3) is 0.471. The molecule has 2 aromatic rings. The van der Waals surface area contributed by atoms with Gasteiger partial charge in [-0.1, -0.05) is 18.2 Å². The van der Waals surface area contributed by atoms with Crippen molar-refractivity contribution in [2.24, 2.45) is 5.92 Å². The van der Waals surface area contributed by atoms with Crippen LogP contribution in [0.1, 0.15) is 36.6 Å². The summed E-state index contributed by atoms with van der Waals surface area (Å²) in [5.41, 5.74) is 0.431. The highest BCUT2D eigenvalue weighted by Gasteiger charge is 2.27. The van der Waals surface area contributed by atoms with Crippen LogP contribution in [0.2, 0.25) is 0 Å². The molecule has 0 aliphatic heterocycles. The van der Waals surface area contributed by atoms with Gasteiger partial charge in [0, 0.05) is 19.4 Å². The molecule has 122 valence electrons. The average molecular weight is 317 g/mol. The Hall–Kier alpha value is -2.24. The van der Waals surface area contributed by atoms with Gasteiger partial charge in [-0.05, 0) is 36.8 Å². The van der Waals surface area contributed by atoms with Crippen molar-refractivity contribution in [3.8, 4) is 0 Å². The number of aryl methyl sites for hydroxylation is 1. The number of nitrogens with one attached hydrogen (secondary N) is 1. The molecule has 1 fully saturated rings. The van der Waals surface area contributed by atoms with Gasteiger partial charge in [0.05, 0.1) is 6.42 Å². The lowest BCUT2D eigenvalue weighted by Gasteiger charge is -2.13. The SMILES string of the molecule is Cc1nnc(C[C@@H]2CC[C@H](NC(=O)Cc3ccccc3F)C2)o1. The van der Waals surface area contributed by atoms with Gasteiger partial charge in [0.15, 0.2) is 0 Å². The molecule has 1 aromatic heterocycles.